The van der Waals surface area contributed by atoms with Crippen molar-refractivity contribution in [2.24, 2.45) is 5.92 Å². The highest BCUT2D eigenvalue weighted by Crippen LogP contribution is 2.08. The largest absolute Gasteiger partial charge is 0.316 e. The molecule has 0 saturated carbocycles. The molecule has 0 bridgehead atoms. The minimum Gasteiger partial charge on any atom is -0.316 e. The first-order valence-electron chi connectivity index (χ1n) is 9.01. The van der Waals surface area contributed by atoms with Gasteiger partial charge in [0.25, 0.3) is 0 Å². The van der Waals surface area contributed by atoms with E-state index < -0.39 is 0 Å². The SMILES string of the molecule is C=C(/C=C/F)CN(CCCC)CCCC(C)CNCCCC. The lowest BCUT2D eigenvalue weighted by atomic mass is 10.1. The molecule has 0 fully saturated rings. The van der Waals surface area contributed by atoms with Crippen molar-refractivity contribution in [3.05, 3.63) is 24.6 Å². The van der Waals surface area contributed by atoms with E-state index >= 15 is 0 Å². The molecule has 0 aromatic heterocycles. The summed E-state index contributed by atoms with van der Waals surface area (Å²) in [5.41, 5.74) is 0.855. The molecule has 3 heteroatoms. The van der Waals surface area contributed by atoms with Crippen molar-refractivity contribution in [3.63, 3.8) is 0 Å². The Balaban J connectivity index is 3.92. The molecule has 0 spiro atoms. The van der Waals surface area contributed by atoms with Gasteiger partial charge in [0.15, 0.2) is 0 Å². The molecule has 0 saturated heterocycles. The van der Waals surface area contributed by atoms with Crippen LogP contribution in [0.3, 0.4) is 0 Å². The third kappa shape index (κ3) is 13.0. The van der Waals surface area contributed by atoms with Crippen molar-refractivity contribution in [2.45, 2.75) is 59.3 Å². The number of halogens is 1. The first kappa shape index (κ1) is 21.3. The molecule has 0 radical (unpaired) electrons. The van der Waals surface area contributed by atoms with Crippen molar-refractivity contribution < 1.29 is 4.39 Å². The third-order valence-electron chi connectivity index (χ3n) is 3.92. The van der Waals surface area contributed by atoms with E-state index in [2.05, 4.69) is 37.6 Å². The van der Waals surface area contributed by atoms with Gasteiger partial charge in [0.2, 0.25) is 0 Å². The second-order valence-electron chi connectivity index (χ2n) is 6.39. The minimum absolute atomic E-state index is 0.588. The van der Waals surface area contributed by atoms with E-state index in [-0.39, 0.29) is 0 Å². The van der Waals surface area contributed by atoms with E-state index in [4.69, 9.17) is 0 Å². The lowest BCUT2D eigenvalue weighted by Crippen LogP contribution is -2.29. The third-order valence-corrected chi connectivity index (χ3v) is 3.92. The zero-order chi connectivity index (χ0) is 16.6. The van der Waals surface area contributed by atoms with Crippen LogP contribution in [0.25, 0.3) is 0 Å². The molecule has 0 rings (SSSR count). The van der Waals surface area contributed by atoms with Gasteiger partial charge in [-0.05, 0) is 69.4 Å². The van der Waals surface area contributed by atoms with Gasteiger partial charge in [-0.1, -0.05) is 40.2 Å². The van der Waals surface area contributed by atoms with Gasteiger partial charge in [-0.2, -0.15) is 0 Å². The molecule has 0 amide bonds. The van der Waals surface area contributed by atoms with Crippen molar-refractivity contribution in [2.75, 3.05) is 32.7 Å². The standard InChI is InChI=1S/C19H37FN2/c1-5-7-13-21-16-18(3)10-9-15-22(14-8-6-2)17-19(4)11-12-20/h11-12,18,21H,4-10,13-17H2,1-3H3/b12-11+. The maximum atomic E-state index is 12.2. The molecular weight excluding hydrogens is 275 g/mol. The van der Waals surface area contributed by atoms with E-state index in [1.54, 1.807) is 0 Å². The fourth-order valence-corrected chi connectivity index (χ4v) is 2.50. The smallest absolute Gasteiger partial charge is 0.0869 e. The first-order chi connectivity index (χ1) is 10.6. The van der Waals surface area contributed by atoms with Crippen LogP contribution in [0.2, 0.25) is 0 Å². The number of hydrogen-bond acceptors (Lipinski definition) is 2. The first-order valence-corrected chi connectivity index (χ1v) is 9.01. The van der Waals surface area contributed by atoms with Crippen LogP contribution in [0, 0.1) is 5.92 Å². The van der Waals surface area contributed by atoms with E-state index in [1.807, 2.05) is 0 Å². The van der Waals surface area contributed by atoms with Crippen LogP contribution in [0.4, 0.5) is 4.39 Å². The van der Waals surface area contributed by atoms with Crippen LogP contribution in [0.1, 0.15) is 59.3 Å². The normalized spacial score (nSPS) is 13.1. The molecule has 130 valence electrons. The lowest BCUT2D eigenvalue weighted by Gasteiger charge is -2.23. The second kappa shape index (κ2) is 15.2. The summed E-state index contributed by atoms with van der Waals surface area (Å²) in [5, 5.41) is 3.53. The van der Waals surface area contributed by atoms with Gasteiger partial charge < -0.3 is 5.32 Å². The quantitative estimate of drug-likeness (QED) is 0.340. The van der Waals surface area contributed by atoms with E-state index in [0.717, 1.165) is 44.2 Å². The number of unbranched alkanes of at least 4 members (excludes halogenated alkanes) is 2. The summed E-state index contributed by atoms with van der Waals surface area (Å²) >= 11 is 0. The van der Waals surface area contributed by atoms with Crippen molar-refractivity contribution in [1.82, 2.24) is 10.2 Å². The van der Waals surface area contributed by atoms with E-state index in [1.165, 1.54) is 44.6 Å². The van der Waals surface area contributed by atoms with Gasteiger partial charge in [0.05, 0.1) is 6.33 Å². The molecule has 0 aromatic rings. The fourth-order valence-electron chi connectivity index (χ4n) is 2.50. The molecular formula is C19H37FN2. The molecule has 1 N–H and O–H groups in total. The lowest BCUT2D eigenvalue weighted by molar-refractivity contribution is 0.278. The fraction of sp³-hybridized carbons (Fsp3) is 0.789. The Kier molecular flexibility index (Phi) is 14.8. The van der Waals surface area contributed by atoms with Gasteiger partial charge in [-0.25, -0.2) is 4.39 Å². The number of rotatable bonds is 15. The van der Waals surface area contributed by atoms with Gasteiger partial charge in [0.1, 0.15) is 0 Å². The van der Waals surface area contributed by atoms with Crippen LogP contribution < -0.4 is 5.32 Å². The maximum absolute atomic E-state index is 12.2. The van der Waals surface area contributed by atoms with Gasteiger partial charge in [-0.15, -0.1) is 0 Å². The van der Waals surface area contributed by atoms with Crippen LogP contribution in [-0.2, 0) is 0 Å². The van der Waals surface area contributed by atoms with Crippen LogP contribution >= 0.6 is 0 Å². The Labute approximate surface area is 137 Å². The average molecular weight is 313 g/mol. The van der Waals surface area contributed by atoms with E-state index in [0.29, 0.717) is 6.33 Å². The van der Waals surface area contributed by atoms with Gasteiger partial charge in [0, 0.05) is 6.54 Å². The molecule has 0 aliphatic heterocycles. The monoisotopic (exact) mass is 312 g/mol. The number of nitrogens with zero attached hydrogens (tertiary/aromatic N) is 1. The highest BCUT2D eigenvalue weighted by Gasteiger charge is 2.07. The summed E-state index contributed by atoms with van der Waals surface area (Å²) in [7, 11) is 0. The molecule has 1 atom stereocenters. The van der Waals surface area contributed by atoms with Gasteiger partial charge in [-0.3, -0.25) is 4.90 Å². The topological polar surface area (TPSA) is 15.3 Å². The Hall–Kier alpha value is -0.670. The molecule has 2 nitrogen and oxygen atoms in total. The highest BCUT2D eigenvalue weighted by atomic mass is 19.1. The predicted molar refractivity (Wildman–Crippen MR) is 96.9 cm³/mol. The van der Waals surface area contributed by atoms with Crippen LogP contribution in [0.5, 0.6) is 0 Å². The van der Waals surface area contributed by atoms with Crippen molar-refractivity contribution in [1.29, 1.82) is 0 Å². The molecule has 0 aromatic carbocycles. The Morgan fingerprint density at radius 2 is 1.86 bits per heavy atom. The Morgan fingerprint density at radius 1 is 1.18 bits per heavy atom. The summed E-state index contributed by atoms with van der Waals surface area (Å²) < 4.78 is 12.2. The summed E-state index contributed by atoms with van der Waals surface area (Å²) in [4.78, 5) is 2.41. The second-order valence-corrected chi connectivity index (χ2v) is 6.39. The zero-order valence-corrected chi connectivity index (χ0v) is 15.0. The molecule has 22 heavy (non-hydrogen) atoms. The van der Waals surface area contributed by atoms with Crippen molar-refractivity contribution in [3.8, 4) is 0 Å². The average Bonchev–Trinajstić information content (AvgIpc) is 2.49. The highest BCUT2D eigenvalue weighted by molar-refractivity contribution is 5.14. The summed E-state index contributed by atoms with van der Waals surface area (Å²) in [6.07, 6.45) is 9.41. The summed E-state index contributed by atoms with van der Waals surface area (Å²) in [5.74, 6) is 0.721. The van der Waals surface area contributed by atoms with Gasteiger partial charge >= 0.3 is 0 Å². The molecule has 0 heterocycles. The molecule has 0 aliphatic rings. The summed E-state index contributed by atoms with van der Waals surface area (Å²) in [6, 6.07) is 0. The Morgan fingerprint density at radius 3 is 2.50 bits per heavy atom. The Bertz CT molecular complexity index is 289. The zero-order valence-electron chi connectivity index (χ0n) is 15.0. The van der Waals surface area contributed by atoms with Crippen molar-refractivity contribution >= 4 is 0 Å². The predicted octanol–water partition coefficient (Wildman–Crippen LogP) is 4.93. The molecule has 0 aliphatic carbocycles. The molecule has 1 unspecified atom stereocenters. The van der Waals surface area contributed by atoms with E-state index in [9.17, 15) is 4.39 Å². The maximum Gasteiger partial charge on any atom is 0.0869 e. The van der Waals surface area contributed by atoms with Crippen LogP contribution in [-0.4, -0.2) is 37.6 Å². The van der Waals surface area contributed by atoms with Crippen LogP contribution in [0.15, 0.2) is 24.6 Å². The number of nitrogens with one attached hydrogen (secondary N) is 1. The summed E-state index contributed by atoms with van der Waals surface area (Å²) in [6.45, 7) is 15.9. The minimum atomic E-state index is 0.588. The number of hydrogen-bond donors (Lipinski definition) is 1.